The van der Waals surface area contributed by atoms with Crippen LogP contribution in [-0.4, -0.2) is 25.7 Å². The largest absolute Gasteiger partial charge is 0.382 e. The van der Waals surface area contributed by atoms with Crippen molar-refractivity contribution in [2.75, 3.05) is 25.1 Å². The maximum Gasteiger partial charge on any atom is 0.210 e. The number of guanidine groups is 1. The van der Waals surface area contributed by atoms with Crippen LogP contribution in [0.2, 0.25) is 0 Å². The zero-order valence-corrected chi connectivity index (χ0v) is 13.7. The molecule has 0 radical (unpaired) electrons. The van der Waals surface area contributed by atoms with Gasteiger partial charge in [-0.3, -0.25) is 10.4 Å². The van der Waals surface area contributed by atoms with E-state index in [-0.39, 0.29) is 0 Å². The Labute approximate surface area is 129 Å². The number of anilines is 1. The highest BCUT2D eigenvalue weighted by atomic mass is 79.9. The molecule has 5 nitrogen and oxygen atoms in total. The number of hydrogen-bond donors (Lipinski definition) is 3. The number of ether oxygens (including phenoxy) is 1. The molecule has 0 atom stereocenters. The average molecular weight is 343 g/mol. The Morgan fingerprint density at radius 2 is 2.20 bits per heavy atom. The highest BCUT2D eigenvalue weighted by Crippen LogP contribution is 2.21. The second-order valence-corrected chi connectivity index (χ2v) is 5.12. The summed E-state index contributed by atoms with van der Waals surface area (Å²) in [5.74, 6) is 6.07. The zero-order valence-electron chi connectivity index (χ0n) is 12.1. The van der Waals surface area contributed by atoms with Gasteiger partial charge >= 0.3 is 0 Å². The Balaban J connectivity index is 2.61. The van der Waals surface area contributed by atoms with Gasteiger partial charge in [0.25, 0.3) is 0 Å². The molecule has 6 heteroatoms. The van der Waals surface area contributed by atoms with Crippen molar-refractivity contribution in [3.8, 4) is 0 Å². The van der Waals surface area contributed by atoms with Gasteiger partial charge in [0.2, 0.25) is 5.96 Å². The summed E-state index contributed by atoms with van der Waals surface area (Å²) in [5, 5.41) is 3.22. The summed E-state index contributed by atoms with van der Waals surface area (Å²) >= 11 is 3.47. The van der Waals surface area contributed by atoms with E-state index in [1.54, 1.807) is 0 Å². The topological polar surface area (TPSA) is 71.7 Å². The lowest BCUT2D eigenvalue weighted by Crippen LogP contribution is -2.36. The molecular weight excluding hydrogens is 320 g/mol. The van der Waals surface area contributed by atoms with Crippen LogP contribution in [0.1, 0.15) is 25.8 Å². The Kier molecular flexibility index (Phi) is 8.25. The third-order valence-electron chi connectivity index (χ3n) is 2.76. The van der Waals surface area contributed by atoms with E-state index in [9.17, 15) is 0 Å². The minimum absolute atomic E-state index is 0.568. The quantitative estimate of drug-likeness (QED) is 0.234. The van der Waals surface area contributed by atoms with Crippen LogP contribution < -0.4 is 16.6 Å². The number of rotatable bonds is 7. The minimum Gasteiger partial charge on any atom is -0.382 e. The molecule has 0 spiro atoms. The fraction of sp³-hybridized carbons (Fsp3) is 0.500. The fourth-order valence-corrected chi connectivity index (χ4v) is 2.14. The molecule has 1 rings (SSSR count). The first-order valence-electron chi connectivity index (χ1n) is 6.85. The highest BCUT2D eigenvalue weighted by molar-refractivity contribution is 9.10. The summed E-state index contributed by atoms with van der Waals surface area (Å²) in [6.45, 7) is 6.23. The molecule has 112 valence electrons. The molecule has 4 N–H and O–H groups in total. The van der Waals surface area contributed by atoms with Crippen LogP contribution in [0.3, 0.4) is 0 Å². The van der Waals surface area contributed by atoms with E-state index in [2.05, 4.69) is 44.7 Å². The van der Waals surface area contributed by atoms with Crippen LogP contribution >= 0.6 is 15.9 Å². The van der Waals surface area contributed by atoms with E-state index in [0.717, 1.165) is 36.2 Å². The Bertz CT molecular complexity index is 437. The predicted molar refractivity (Wildman–Crippen MR) is 87.9 cm³/mol. The first kappa shape index (κ1) is 16.9. The Hall–Kier alpha value is -1.11. The number of benzene rings is 1. The lowest BCUT2D eigenvalue weighted by atomic mass is 10.1. The molecule has 20 heavy (non-hydrogen) atoms. The van der Waals surface area contributed by atoms with E-state index >= 15 is 0 Å². The molecule has 0 bridgehead atoms. The number of nitrogens with two attached hydrogens (primary N) is 1. The molecule has 0 aromatic heterocycles. The van der Waals surface area contributed by atoms with Gasteiger partial charge in [0, 0.05) is 29.9 Å². The maximum atomic E-state index is 5.50. The molecule has 0 aliphatic rings. The highest BCUT2D eigenvalue weighted by Gasteiger charge is 2.04. The summed E-state index contributed by atoms with van der Waals surface area (Å²) in [4.78, 5) is 4.38. The molecule has 1 aromatic rings. The molecule has 0 aliphatic heterocycles. The first-order chi connectivity index (χ1) is 9.71. The average Bonchev–Trinajstić information content (AvgIpc) is 2.47. The van der Waals surface area contributed by atoms with Crippen LogP contribution in [0.25, 0.3) is 0 Å². The SMILES string of the molecule is CCOCCCN=C(NN)Nc1ccc(Br)cc1CC. The lowest BCUT2D eigenvalue weighted by Gasteiger charge is -2.13. The molecular formula is C14H23BrN4O. The van der Waals surface area contributed by atoms with Crippen LogP contribution in [0.5, 0.6) is 0 Å². The number of nitrogens with one attached hydrogen (secondary N) is 2. The number of aryl methyl sites for hydroxylation is 1. The third-order valence-corrected chi connectivity index (χ3v) is 3.25. The summed E-state index contributed by atoms with van der Waals surface area (Å²) in [6.07, 6.45) is 1.81. The second-order valence-electron chi connectivity index (χ2n) is 4.21. The van der Waals surface area contributed by atoms with Crippen molar-refractivity contribution in [1.29, 1.82) is 0 Å². The van der Waals surface area contributed by atoms with Crippen molar-refractivity contribution in [3.05, 3.63) is 28.2 Å². The number of hydrazine groups is 1. The van der Waals surface area contributed by atoms with Crippen molar-refractivity contribution in [3.63, 3.8) is 0 Å². The van der Waals surface area contributed by atoms with Crippen molar-refractivity contribution in [2.45, 2.75) is 26.7 Å². The van der Waals surface area contributed by atoms with Crippen molar-refractivity contribution < 1.29 is 4.74 Å². The van der Waals surface area contributed by atoms with Gasteiger partial charge in [0.05, 0.1) is 0 Å². The van der Waals surface area contributed by atoms with Crippen LogP contribution in [0.15, 0.2) is 27.7 Å². The van der Waals surface area contributed by atoms with Crippen LogP contribution in [0, 0.1) is 0 Å². The molecule has 0 saturated heterocycles. The van der Waals surface area contributed by atoms with E-state index in [4.69, 9.17) is 10.6 Å². The van der Waals surface area contributed by atoms with Crippen LogP contribution in [0.4, 0.5) is 5.69 Å². The molecule has 1 aromatic carbocycles. The summed E-state index contributed by atoms with van der Waals surface area (Å²) < 4.78 is 6.34. The van der Waals surface area contributed by atoms with Gasteiger partial charge in [-0.25, -0.2) is 5.84 Å². The molecule has 0 saturated carbocycles. The second kappa shape index (κ2) is 9.74. The van der Waals surface area contributed by atoms with E-state index in [1.807, 2.05) is 19.1 Å². The summed E-state index contributed by atoms with van der Waals surface area (Å²) in [6, 6.07) is 6.09. The van der Waals surface area contributed by atoms with Gasteiger partial charge in [-0.1, -0.05) is 22.9 Å². The fourth-order valence-electron chi connectivity index (χ4n) is 1.73. The zero-order chi connectivity index (χ0) is 14.8. The minimum atomic E-state index is 0.568. The molecule has 0 aliphatic carbocycles. The third kappa shape index (κ3) is 5.90. The monoisotopic (exact) mass is 342 g/mol. The van der Waals surface area contributed by atoms with Crippen molar-refractivity contribution in [2.24, 2.45) is 10.8 Å². The molecule has 0 heterocycles. The molecule has 0 unspecified atom stereocenters. The normalized spacial score (nSPS) is 11.5. The van der Waals surface area contributed by atoms with Gasteiger partial charge in [-0.05, 0) is 43.5 Å². The smallest absolute Gasteiger partial charge is 0.210 e. The molecule has 0 fully saturated rings. The van der Waals surface area contributed by atoms with Gasteiger partial charge in [-0.2, -0.15) is 0 Å². The summed E-state index contributed by atoms with van der Waals surface area (Å²) in [7, 11) is 0. The predicted octanol–water partition coefficient (Wildman–Crippen LogP) is 2.67. The Morgan fingerprint density at radius 1 is 1.40 bits per heavy atom. The maximum absolute atomic E-state index is 5.50. The van der Waals surface area contributed by atoms with Crippen LogP contribution in [-0.2, 0) is 11.2 Å². The lowest BCUT2D eigenvalue weighted by molar-refractivity contribution is 0.146. The molecule has 0 amide bonds. The van der Waals surface area contributed by atoms with Gasteiger partial charge < -0.3 is 10.1 Å². The Morgan fingerprint density at radius 3 is 2.85 bits per heavy atom. The number of aliphatic imine (C=N–C) groups is 1. The first-order valence-corrected chi connectivity index (χ1v) is 7.64. The van der Waals surface area contributed by atoms with E-state index in [1.165, 1.54) is 5.56 Å². The number of hydrogen-bond acceptors (Lipinski definition) is 3. The van der Waals surface area contributed by atoms with Gasteiger partial charge in [0.1, 0.15) is 0 Å². The summed E-state index contributed by atoms with van der Waals surface area (Å²) in [5.41, 5.74) is 4.81. The standard InChI is InChI=1S/C14H23BrN4O/c1-3-11-10-12(15)6-7-13(11)18-14(19-16)17-8-5-9-20-4-2/h6-7,10H,3-5,8-9,16H2,1-2H3,(H2,17,18,19). The van der Waals surface area contributed by atoms with Crippen molar-refractivity contribution >= 4 is 27.6 Å². The number of halogens is 1. The van der Waals surface area contributed by atoms with E-state index < -0.39 is 0 Å². The van der Waals surface area contributed by atoms with Crippen molar-refractivity contribution in [1.82, 2.24) is 5.43 Å². The van der Waals surface area contributed by atoms with E-state index in [0.29, 0.717) is 12.5 Å². The van der Waals surface area contributed by atoms with Gasteiger partial charge in [0.15, 0.2) is 0 Å². The number of nitrogens with zero attached hydrogens (tertiary/aromatic N) is 1. The van der Waals surface area contributed by atoms with Gasteiger partial charge in [-0.15, -0.1) is 0 Å².